The van der Waals surface area contributed by atoms with E-state index in [1.165, 1.54) is 0 Å². The molecule has 0 amide bonds. The summed E-state index contributed by atoms with van der Waals surface area (Å²) in [5.74, 6) is 0.709. The van der Waals surface area contributed by atoms with Crippen LogP contribution in [0, 0.1) is 0 Å². The minimum absolute atomic E-state index is 0.00817. The van der Waals surface area contributed by atoms with Gasteiger partial charge in [-0.3, -0.25) is 0 Å². The van der Waals surface area contributed by atoms with Gasteiger partial charge in [0, 0.05) is 13.2 Å². The third-order valence-corrected chi connectivity index (χ3v) is 2.59. The van der Waals surface area contributed by atoms with E-state index < -0.39 is 6.10 Å². The summed E-state index contributed by atoms with van der Waals surface area (Å²) < 4.78 is 15.5. The van der Waals surface area contributed by atoms with Gasteiger partial charge < -0.3 is 25.1 Å². The van der Waals surface area contributed by atoms with E-state index in [-0.39, 0.29) is 19.3 Å². The lowest BCUT2D eigenvalue weighted by Crippen LogP contribution is -2.24. The Morgan fingerprint density at radius 1 is 1.16 bits per heavy atom. The largest absolute Gasteiger partial charge is 0.491 e. The number of aliphatic hydroxyl groups excluding tert-OH is 1. The summed E-state index contributed by atoms with van der Waals surface area (Å²) in [5, 5.41) is 9.64. The van der Waals surface area contributed by atoms with Gasteiger partial charge in [-0.25, -0.2) is 0 Å². The SMILES string of the molecule is COCCOCC(O)COc1ccc(C(C)N)cc1. The minimum Gasteiger partial charge on any atom is -0.491 e. The van der Waals surface area contributed by atoms with Crippen LogP contribution in [-0.4, -0.2) is 44.7 Å². The van der Waals surface area contributed by atoms with Crippen LogP contribution in [0.3, 0.4) is 0 Å². The van der Waals surface area contributed by atoms with Crippen LogP contribution in [-0.2, 0) is 9.47 Å². The number of nitrogens with two attached hydrogens (primary N) is 1. The van der Waals surface area contributed by atoms with Gasteiger partial charge in [-0.2, -0.15) is 0 Å². The Bertz CT molecular complexity index is 340. The molecule has 1 aromatic rings. The number of ether oxygens (including phenoxy) is 3. The molecule has 0 aliphatic rings. The van der Waals surface area contributed by atoms with E-state index in [9.17, 15) is 5.11 Å². The Morgan fingerprint density at radius 3 is 2.42 bits per heavy atom. The lowest BCUT2D eigenvalue weighted by Gasteiger charge is -2.13. The van der Waals surface area contributed by atoms with Crippen molar-refractivity contribution in [2.24, 2.45) is 5.73 Å². The van der Waals surface area contributed by atoms with Gasteiger partial charge >= 0.3 is 0 Å². The molecule has 108 valence electrons. The van der Waals surface area contributed by atoms with Crippen LogP contribution in [0.5, 0.6) is 5.75 Å². The predicted molar refractivity (Wildman–Crippen MR) is 73.2 cm³/mol. The van der Waals surface area contributed by atoms with E-state index in [0.717, 1.165) is 5.56 Å². The third-order valence-electron chi connectivity index (χ3n) is 2.59. The first-order valence-corrected chi connectivity index (χ1v) is 6.36. The molecule has 2 unspecified atom stereocenters. The molecule has 0 aliphatic heterocycles. The van der Waals surface area contributed by atoms with Crippen LogP contribution in [0.15, 0.2) is 24.3 Å². The molecule has 0 bridgehead atoms. The topological polar surface area (TPSA) is 73.9 Å². The van der Waals surface area contributed by atoms with Gasteiger partial charge in [-0.15, -0.1) is 0 Å². The zero-order valence-electron chi connectivity index (χ0n) is 11.5. The molecule has 3 N–H and O–H groups in total. The fourth-order valence-corrected chi connectivity index (χ4v) is 1.47. The van der Waals surface area contributed by atoms with Crippen LogP contribution in [0.4, 0.5) is 0 Å². The van der Waals surface area contributed by atoms with E-state index in [1.807, 2.05) is 31.2 Å². The van der Waals surface area contributed by atoms with E-state index >= 15 is 0 Å². The van der Waals surface area contributed by atoms with Crippen molar-refractivity contribution in [3.63, 3.8) is 0 Å². The Balaban J connectivity index is 2.24. The van der Waals surface area contributed by atoms with E-state index in [0.29, 0.717) is 19.0 Å². The van der Waals surface area contributed by atoms with Crippen LogP contribution in [0.2, 0.25) is 0 Å². The van der Waals surface area contributed by atoms with Crippen LogP contribution in [0.25, 0.3) is 0 Å². The molecular formula is C14H23NO4. The average Bonchev–Trinajstić information content (AvgIpc) is 2.42. The molecule has 1 aromatic carbocycles. The van der Waals surface area contributed by atoms with Gasteiger partial charge in [0.2, 0.25) is 0 Å². The number of hydrogen-bond donors (Lipinski definition) is 2. The second-order valence-electron chi connectivity index (χ2n) is 4.39. The Labute approximate surface area is 114 Å². The van der Waals surface area contributed by atoms with Crippen LogP contribution >= 0.6 is 0 Å². The Hall–Kier alpha value is -1.14. The van der Waals surface area contributed by atoms with Crippen molar-refractivity contribution in [2.45, 2.75) is 19.1 Å². The first-order chi connectivity index (χ1) is 9.13. The van der Waals surface area contributed by atoms with Crippen molar-refractivity contribution in [1.29, 1.82) is 0 Å². The monoisotopic (exact) mass is 269 g/mol. The van der Waals surface area contributed by atoms with Gasteiger partial charge in [-0.1, -0.05) is 12.1 Å². The van der Waals surface area contributed by atoms with E-state index in [4.69, 9.17) is 19.9 Å². The number of benzene rings is 1. The molecule has 0 radical (unpaired) electrons. The molecule has 0 spiro atoms. The fourth-order valence-electron chi connectivity index (χ4n) is 1.47. The summed E-state index contributed by atoms with van der Waals surface area (Å²) in [4.78, 5) is 0. The average molecular weight is 269 g/mol. The Kier molecular flexibility index (Phi) is 7.43. The molecule has 0 saturated heterocycles. The van der Waals surface area contributed by atoms with Gasteiger partial charge in [0.15, 0.2) is 0 Å². The van der Waals surface area contributed by atoms with Crippen LogP contribution < -0.4 is 10.5 Å². The molecule has 0 saturated carbocycles. The smallest absolute Gasteiger partial charge is 0.119 e. The standard InChI is InChI=1S/C14H23NO4/c1-11(15)12-3-5-14(6-4-12)19-10-13(16)9-18-8-7-17-2/h3-6,11,13,16H,7-10,15H2,1-2H3. The second kappa shape index (κ2) is 8.87. The summed E-state index contributed by atoms with van der Waals surface area (Å²) in [5.41, 5.74) is 6.81. The highest BCUT2D eigenvalue weighted by molar-refractivity contribution is 5.28. The summed E-state index contributed by atoms with van der Waals surface area (Å²) in [6.45, 7) is 3.35. The molecule has 19 heavy (non-hydrogen) atoms. The summed E-state index contributed by atoms with van der Waals surface area (Å²) in [6, 6.07) is 7.53. The maximum absolute atomic E-state index is 9.64. The molecule has 0 fully saturated rings. The summed E-state index contributed by atoms with van der Waals surface area (Å²) in [7, 11) is 1.61. The van der Waals surface area contributed by atoms with Crippen molar-refractivity contribution in [2.75, 3.05) is 33.5 Å². The van der Waals surface area contributed by atoms with Gasteiger partial charge in [0.05, 0.1) is 19.8 Å². The number of methoxy groups -OCH3 is 1. The second-order valence-corrected chi connectivity index (χ2v) is 4.39. The first kappa shape index (κ1) is 15.9. The maximum atomic E-state index is 9.64. The highest BCUT2D eigenvalue weighted by atomic mass is 16.5. The van der Waals surface area contributed by atoms with Crippen molar-refractivity contribution >= 4 is 0 Å². The normalized spacial score (nSPS) is 14.1. The number of hydrogen-bond acceptors (Lipinski definition) is 5. The van der Waals surface area contributed by atoms with Gasteiger partial charge in [0.1, 0.15) is 18.5 Å². The van der Waals surface area contributed by atoms with Crippen molar-refractivity contribution < 1.29 is 19.3 Å². The summed E-state index contributed by atoms with van der Waals surface area (Å²) in [6.07, 6.45) is -0.648. The number of aliphatic hydroxyl groups is 1. The lowest BCUT2D eigenvalue weighted by atomic mass is 10.1. The Morgan fingerprint density at radius 2 is 1.84 bits per heavy atom. The predicted octanol–water partition coefficient (Wildman–Crippen LogP) is 1.11. The molecule has 5 nitrogen and oxygen atoms in total. The molecule has 0 aliphatic carbocycles. The highest BCUT2D eigenvalue weighted by Crippen LogP contribution is 2.16. The minimum atomic E-state index is -0.648. The van der Waals surface area contributed by atoms with E-state index in [1.54, 1.807) is 7.11 Å². The quantitative estimate of drug-likeness (QED) is 0.657. The number of rotatable bonds is 9. The first-order valence-electron chi connectivity index (χ1n) is 6.36. The molecule has 0 aromatic heterocycles. The van der Waals surface area contributed by atoms with Crippen molar-refractivity contribution in [3.8, 4) is 5.75 Å². The van der Waals surface area contributed by atoms with Crippen molar-refractivity contribution in [1.82, 2.24) is 0 Å². The molecule has 2 atom stereocenters. The molecule has 1 rings (SSSR count). The zero-order valence-corrected chi connectivity index (χ0v) is 11.5. The zero-order chi connectivity index (χ0) is 14.1. The molecule has 0 heterocycles. The highest BCUT2D eigenvalue weighted by Gasteiger charge is 2.06. The van der Waals surface area contributed by atoms with Crippen LogP contribution in [0.1, 0.15) is 18.5 Å². The molecular weight excluding hydrogens is 246 g/mol. The lowest BCUT2D eigenvalue weighted by molar-refractivity contribution is -0.00419. The van der Waals surface area contributed by atoms with E-state index in [2.05, 4.69) is 0 Å². The van der Waals surface area contributed by atoms with Gasteiger partial charge in [-0.05, 0) is 24.6 Å². The summed E-state index contributed by atoms with van der Waals surface area (Å²) >= 11 is 0. The van der Waals surface area contributed by atoms with Gasteiger partial charge in [0.25, 0.3) is 0 Å². The molecule has 5 heteroatoms. The van der Waals surface area contributed by atoms with Crippen molar-refractivity contribution in [3.05, 3.63) is 29.8 Å². The fraction of sp³-hybridized carbons (Fsp3) is 0.571. The maximum Gasteiger partial charge on any atom is 0.119 e. The third kappa shape index (κ3) is 6.54.